The van der Waals surface area contributed by atoms with E-state index in [4.69, 9.17) is 0 Å². The first kappa shape index (κ1) is 40.0. The second-order valence-electron chi connectivity index (χ2n) is 12.2. The van der Waals surface area contributed by atoms with Crippen molar-refractivity contribution in [2.45, 2.75) is 71.3 Å². The molecule has 2 heterocycles. The molecule has 0 spiro atoms. The summed E-state index contributed by atoms with van der Waals surface area (Å²) in [6.45, 7) is 6.48. The van der Waals surface area contributed by atoms with E-state index in [0.29, 0.717) is 48.4 Å². The average Bonchev–Trinajstić information content (AvgIpc) is 3.87. The Morgan fingerprint density at radius 3 is 2.06 bits per heavy atom. The molecule has 3 aliphatic rings. The number of rotatable bonds is 10. The van der Waals surface area contributed by atoms with E-state index in [1.807, 2.05) is 6.08 Å². The van der Waals surface area contributed by atoms with Crippen molar-refractivity contribution in [1.29, 1.82) is 0 Å². The Morgan fingerprint density at radius 2 is 1.45 bits per heavy atom. The second-order valence-corrected chi connectivity index (χ2v) is 12.2. The first-order valence-corrected chi connectivity index (χ1v) is 17.5. The fourth-order valence-electron chi connectivity index (χ4n) is 5.56. The van der Waals surface area contributed by atoms with Crippen molar-refractivity contribution in [3.8, 4) is 0 Å². The first-order chi connectivity index (χ1) is 24.7. The lowest BCUT2D eigenvalue weighted by atomic mass is 10.0. The van der Waals surface area contributed by atoms with Gasteiger partial charge in [-0.1, -0.05) is 38.5 Å². The van der Waals surface area contributed by atoms with Crippen molar-refractivity contribution in [3.05, 3.63) is 77.9 Å². The van der Waals surface area contributed by atoms with E-state index in [-0.39, 0.29) is 30.2 Å². The van der Waals surface area contributed by atoms with Crippen LogP contribution in [0.4, 0.5) is 21.9 Å². The molecule has 2 fully saturated rings. The number of nitrogens with zero attached hydrogens (tertiary/aromatic N) is 2. The maximum Gasteiger partial charge on any atom is 0.407 e. The maximum absolute atomic E-state index is 12.9. The third-order valence-corrected chi connectivity index (χ3v) is 8.11. The van der Waals surface area contributed by atoms with Crippen LogP contribution in [-0.4, -0.2) is 85.3 Å². The van der Waals surface area contributed by atoms with Crippen LogP contribution in [-0.2, 0) is 23.9 Å². The Labute approximate surface area is 299 Å². The summed E-state index contributed by atoms with van der Waals surface area (Å²) in [6.07, 6.45) is 13.2. The minimum atomic E-state index is -0.562. The minimum absolute atomic E-state index is 0.0255. The van der Waals surface area contributed by atoms with Crippen molar-refractivity contribution >= 4 is 53.2 Å². The first-order valence-electron chi connectivity index (χ1n) is 17.5. The summed E-state index contributed by atoms with van der Waals surface area (Å²) in [6, 6.07) is 12.9. The number of carbonyl (C=O) groups is 6. The molecule has 0 aromatic heterocycles. The van der Waals surface area contributed by atoms with Gasteiger partial charge in [0.1, 0.15) is 12.6 Å². The predicted octanol–water partition coefficient (Wildman–Crippen LogP) is 5.48. The number of allylic oxidation sites excluding steroid dienone is 3. The van der Waals surface area contributed by atoms with Crippen LogP contribution >= 0.6 is 0 Å². The van der Waals surface area contributed by atoms with E-state index in [0.717, 1.165) is 50.8 Å². The van der Waals surface area contributed by atoms with Crippen molar-refractivity contribution < 1.29 is 33.5 Å². The molecule has 2 aromatic carbocycles. The number of anilines is 3. The van der Waals surface area contributed by atoms with Crippen LogP contribution in [0, 0.1) is 0 Å². The van der Waals surface area contributed by atoms with Crippen molar-refractivity contribution in [1.82, 2.24) is 15.1 Å². The number of alkyl carbamates (subject to hydrolysis) is 1. The van der Waals surface area contributed by atoms with Gasteiger partial charge >= 0.3 is 6.09 Å². The van der Waals surface area contributed by atoms with Gasteiger partial charge in [0.15, 0.2) is 0 Å². The summed E-state index contributed by atoms with van der Waals surface area (Å²) in [5, 5.41) is 10.6. The van der Waals surface area contributed by atoms with Crippen molar-refractivity contribution in [2.75, 3.05) is 49.2 Å². The molecule has 274 valence electrons. The third kappa shape index (κ3) is 13.4. The summed E-state index contributed by atoms with van der Waals surface area (Å²) < 4.78 is 4.34. The van der Waals surface area contributed by atoms with Gasteiger partial charge in [-0.05, 0) is 92.6 Å². The van der Waals surface area contributed by atoms with E-state index in [1.54, 1.807) is 58.3 Å². The van der Waals surface area contributed by atoms with Crippen LogP contribution in [0.3, 0.4) is 0 Å². The fourth-order valence-corrected chi connectivity index (χ4v) is 5.56. The number of hydrogen-bond donors (Lipinski definition) is 4. The van der Waals surface area contributed by atoms with Crippen LogP contribution in [0.2, 0.25) is 0 Å². The third-order valence-electron chi connectivity index (χ3n) is 8.11. The zero-order chi connectivity index (χ0) is 37.0. The molecule has 13 heteroatoms. The molecule has 51 heavy (non-hydrogen) atoms. The monoisotopic (exact) mass is 702 g/mol. The lowest BCUT2D eigenvalue weighted by Gasteiger charge is -2.24. The van der Waals surface area contributed by atoms with Gasteiger partial charge in [0.05, 0.1) is 13.5 Å². The Kier molecular flexibility index (Phi) is 16.9. The summed E-state index contributed by atoms with van der Waals surface area (Å²) >= 11 is 0. The summed E-state index contributed by atoms with van der Waals surface area (Å²) in [4.78, 5) is 74.1. The van der Waals surface area contributed by atoms with Gasteiger partial charge in [-0.3, -0.25) is 24.0 Å². The molecule has 1 atom stereocenters. The molecule has 4 N–H and O–H groups in total. The molecule has 0 unspecified atom stereocenters. The topological polar surface area (TPSA) is 166 Å². The molecule has 1 aliphatic carbocycles. The number of nitrogens with one attached hydrogen (secondary N) is 4. The van der Waals surface area contributed by atoms with Crippen molar-refractivity contribution in [3.63, 3.8) is 0 Å². The summed E-state index contributed by atoms with van der Waals surface area (Å²) in [5.41, 5.74) is 3.23. The Balaban J connectivity index is 0.000000366. The van der Waals surface area contributed by atoms with Crippen molar-refractivity contribution in [2.24, 2.45) is 0 Å². The minimum Gasteiger partial charge on any atom is -0.453 e. The predicted molar refractivity (Wildman–Crippen MR) is 197 cm³/mol. The van der Waals surface area contributed by atoms with Gasteiger partial charge in [-0.25, -0.2) is 4.79 Å². The van der Waals surface area contributed by atoms with Gasteiger partial charge in [0, 0.05) is 42.3 Å². The normalized spacial score (nSPS) is 15.9. The molecule has 13 nitrogen and oxygen atoms in total. The molecule has 2 aliphatic heterocycles. The Hall–Kier alpha value is -5.46. The lowest BCUT2D eigenvalue weighted by molar-refractivity contribution is -0.136. The molecule has 0 saturated carbocycles. The van der Waals surface area contributed by atoms with E-state index < -0.39 is 12.1 Å². The number of ether oxygens (including phenoxy) is 1. The van der Waals surface area contributed by atoms with Crippen LogP contribution in [0.5, 0.6) is 0 Å². The lowest BCUT2D eigenvalue weighted by Crippen LogP contribution is -2.43. The number of amides is 6. The summed E-state index contributed by atoms with van der Waals surface area (Å²) in [5.74, 6) is -0.576. The van der Waals surface area contributed by atoms with Gasteiger partial charge in [0.2, 0.25) is 24.1 Å². The quantitative estimate of drug-likeness (QED) is 0.238. The Morgan fingerprint density at radius 1 is 0.824 bits per heavy atom. The van der Waals surface area contributed by atoms with Crippen LogP contribution < -0.4 is 21.3 Å². The zero-order valence-corrected chi connectivity index (χ0v) is 29.7. The molecule has 0 radical (unpaired) electrons. The smallest absolute Gasteiger partial charge is 0.407 e. The number of benzene rings is 2. The molecule has 0 bridgehead atoms. The number of carbonyl (C=O) groups excluding carboxylic acids is 6. The highest BCUT2D eigenvalue weighted by Crippen LogP contribution is 2.23. The number of methoxy groups -OCH3 is 1. The molecule has 5 rings (SSSR count). The SMILES string of the molecule is CCC.COC(=O)NCC(=O)N1CCCC1.O=CNc1ccc(NC(=O)c2ccc(NC(=O)[C@@H]3CCCN3C(=O)CC3=CCCC=C3)cc2)cc1. The molecular formula is C38H50N6O7. The fraction of sp³-hybridized carbons (Fsp3) is 0.421. The van der Waals surface area contributed by atoms with E-state index >= 15 is 0 Å². The molecule has 2 aromatic rings. The van der Waals surface area contributed by atoms with Crippen LogP contribution in [0.15, 0.2) is 72.3 Å². The largest absolute Gasteiger partial charge is 0.453 e. The number of likely N-dealkylation sites (tertiary alicyclic amines) is 2. The second kappa shape index (κ2) is 21.6. The van der Waals surface area contributed by atoms with E-state index in [1.165, 1.54) is 13.5 Å². The highest BCUT2D eigenvalue weighted by Gasteiger charge is 2.34. The molecule has 2 saturated heterocycles. The standard InChI is InChI=1S/C27H28N4O4.C8H14N2O3.C3H8/c32-18-28-21-12-14-23(15-13-21)29-26(34)20-8-10-22(11-9-20)30-27(35)24-7-4-16-31(24)25(33)17-19-5-2-1-3-6-19;1-13-8(12)9-6-7(11)10-4-2-3-5-10;1-3-2/h2,5-6,8-15,18,24H,1,3-4,7,16-17H2,(H,28,32)(H,29,34)(H,30,35);2-6H2,1H3,(H,9,12);3H2,1-2H3/t24-;;/m0../s1. The highest BCUT2D eigenvalue weighted by molar-refractivity contribution is 6.05. The maximum atomic E-state index is 12.9. The van der Waals surface area contributed by atoms with E-state index in [9.17, 15) is 28.8 Å². The van der Waals surface area contributed by atoms with E-state index in [2.05, 4.69) is 52.0 Å². The summed E-state index contributed by atoms with van der Waals surface area (Å²) in [7, 11) is 1.27. The van der Waals surface area contributed by atoms with Gasteiger partial charge < -0.3 is 35.8 Å². The average molecular weight is 703 g/mol. The van der Waals surface area contributed by atoms with Crippen LogP contribution in [0.1, 0.15) is 75.6 Å². The van der Waals surface area contributed by atoms with Gasteiger partial charge in [-0.15, -0.1) is 0 Å². The number of hydrogen-bond acceptors (Lipinski definition) is 7. The van der Waals surface area contributed by atoms with Gasteiger partial charge in [0.25, 0.3) is 5.91 Å². The molecular weight excluding hydrogens is 652 g/mol. The molecule has 6 amide bonds. The zero-order valence-electron chi connectivity index (χ0n) is 29.7. The Bertz CT molecular complexity index is 1530. The van der Waals surface area contributed by atoms with Gasteiger partial charge in [-0.2, -0.15) is 0 Å². The highest BCUT2D eigenvalue weighted by atomic mass is 16.5. The van der Waals surface area contributed by atoms with Crippen LogP contribution in [0.25, 0.3) is 0 Å².